The average Bonchev–Trinajstić information content (AvgIpc) is 3.21. The number of carbonyl (C=O) groups excluding carboxylic acids is 1. The van der Waals surface area contributed by atoms with E-state index in [0.29, 0.717) is 24.5 Å². The molecular weight excluding hydrogens is 384 g/mol. The molecule has 0 spiro atoms. The summed E-state index contributed by atoms with van der Waals surface area (Å²) in [6, 6.07) is 27.8. The maximum absolute atomic E-state index is 12.2. The Kier molecular flexibility index (Phi) is 5.94. The Morgan fingerprint density at radius 1 is 0.903 bits per heavy atom. The highest BCUT2D eigenvalue weighted by molar-refractivity contribution is 5.94. The zero-order valence-electron chi connectivity index (χ0n) is 17.2. The number of benzene rings is 2. The van der Waals surface area contributed by atoms with Crippen LogP contribution in [0.5, 0.6) is 0 Å². The van der Waals surface area contributed by atoms with Crippen molar-refractivity contribution in [1.82, 2.24) is 14.9 Å². The number of hydrogen-bond donors (Lipinski definition) is 2. The second-order valence-electron chi connectivity index (χ2n) is 7.19. The molecule has 4 rings (SSSR count). The summed E-state index contributed by atoms with van der Waals surface area (Å²) in [7, 11) is 0. The lowest BCUT2D eigenvalue weighted by Gasteiger charge is -2.14. The molecule has 0 atom stereocenters. The van der Waals surface area contributed by atoms with Gasteiger partial charge in [0.1, 0.15) is 5.82 Å². The number of amides is 1. The largest absolute Gasteiger partial charge is 0.384 e. The number of aromatic nitrogens is 2. The third-order valence-corrected chi connectivity index (χ3v) is 5.05. The van der Waals surface area contributed by atoms with E-state index in [-0.39, 0.29) is 5.91 Å². The van der Waals surface area contributed by atoms with Crippen LogP contribution in [0.15, 0.2) is 97.6 Å². The zero-order valence-corrected chi connectivity index (χ0v) is 17.2. The van der Waals surface area contributed by atoms with Gasteiger partial charge < -0.3 is 15.6 Å². The molecule has 31 heavy (non-hydrogen) atoms. The van der Waals surface area contributed by atoms with Crippen molar-refractivity contribution in [1.29, 1.82) is 0 Å². The molecule has 0 aliphatic carbocycles. The molecule has 154 valence electrons. The molecule has 2 aromatic heterocycles. The summed E-state index contributed by atoms with van der Waals surface area (Å²) in [5, 5.41) is 2.80. The molecule has 5 nitrogen and oxygen atoms in total. The maximum atomic E-state index is 12.2. The first-order chi connectivity index (χ1) is 15.2. The third-order valence-electron chi connectivity index (χ3n) is 5.05. The molecule has 0 saturated carbocycles. The van der Waals surface area contributed by atoms with Gasteiger partial charge in [-0.1, -0.05) is 54.6 Å². The molecular formula is C26H24N4O. The van der Waals surface area contributed by atoms with E-state index >= 15 is 0 Å². The number of nitrogens with one attached hydrogen (secondary N) is 1. The van der Waals surface area contributed by atoms with Gasteiger partial charge in [0, 0.05) is 23.5 Å². The van der Waals surface area contributed by atoms with Crippen LogP contribution in [0.25, 0.3) is 22.5 Å². The molecule has 4 aromatic rings. The van der Waals surface area contributed by atoms with E-state index in [1.807, 2.05) is 54.6 Å². The van der Waals surface area contributed by atoms with Crippen LogP contribution in [0, 0.1) is 0 Å². The van der Waals surface area contributed by atoms with Crippen LogP contribution in [-0.4, -0.2) is 22.0 Å². The molecule has 3 N–H and O–H groups in total. The van der Waals surface area contributed by atoms with Gasteiger partial charge in [0.25, 0.3) is 5.91 Å². The molecule has 0 bridgehead atoms. The highest BCUT2D eigenvalue weighted by atomic mass is 16.1. The van der Waals surface area contributed by atoms with Crippen LogP contribution in [0.4, 0.5) is 5.82 Å². The highest BCUT2D eigenvalue weighted by Crippen LogP contribution is 2.30. The normalized spacial score (nSPS) is 10.6. The lowest BCUT2D eigenvalue weighted by molar-refractivity contribution is 0.0958. The molecule has 2 heterocycles. The van der Waals surface area contributed by atoms with Gasteiger partial charge in [0.15, 0.2) is 0 Å². The van der Waals surface area contributed by atoms with Crippen molar-refractivity contribution in [3.63, 3.8) is 0 Å². The SMILES string of the molecule is C=CCNC(=O)c1ccc(-c2ccc(-c3ccccc3)n2Cc2cccc(N)n2)cc1. The fourth-order valence-corrected chi connectivity index (χ4v) is 3.56. The number of nitrogens with zero attached hydrogens (tertiary/aromatic N) is 2. The van der Waals surface area contributed by atoms with Crippen molar-refractivity contribution in [3.05, 3.63) is 109 Å². The minimum absolute atomic E-state index is 0.115. The second-order valence-corrected chi connectivity index (χ2v) is 7.19. The fraction of sp³-hybridized carbons (Fsp3) is 0.0769. The number of carbonyl (C=O) groups is 1. The number of nitrogens with two attached hydrogens (primary N) is 1. The van der Waals surface area contributed by atoms with Gasteiger partial charge in [-0.25, -0.2) is 4.98 Å². The predicted molar refractivity (Wildman–Crippen MR) is 126 cm³/mol. The summed E-state index contributed by atoms with van der Waals surface area (Å²) in [4.78, 5) is 16.7. The number of nitrogen functional groups attached to an aromatic ring is 1. The highest BCUT2D eigenvalue weighted by Gasteiger charge is 2.14. The van der Waals surface area contributed by atoms with E-state index in [4.69, 9.17) is 5.73 Å². The summed E-state index contributed by atoms with van der Waals surface area (Å²) in [5.41, 5.74) is 11.7. The van der Waals surface area contributed by atoms with Crippen LogP contribution in [-0.2, 0) is 6.54 Å². The Bertz CT molecular complexity index is 1190. The van der Waals surface area contributed by atoms with Crippen molar-refractivity contribution >= 4 is 11.7 Å². The van der Waals surface area contributed by atoms with Gasteiger partial charge in [0.2, 0.25) is 0 Å². The summed E-state index contributed by atoms with van der Waals surface area (Å²) in [6.07, 6.45) is 1.66. The lowest BCUT2D eigenvalue weighted by atomic mass is 10.1. The molecule has 0 fully saturated rings. The summed E-state index contributed by atoms with van der Waals surface area (Å²) >= 11 is 0. The van der Waals surface area contributed by atoms with Crippen molar-refractivity contribution in [2.45, 2.75) is 6.54 Å². The second kappa shape index (κ2) is 9.13. The van der Waals surface area contributed by atoms with Crippen LogP contribution in [0.3, 0.4) is 0 Å². The molecule has 0 saturated heterocycles. The van der Waals surface area contributed by atoms with Crippen molar-refractivity contribution in [2.24, 2.45) is 0 Å². The Morgan fingerprint density at radius 3 is 2.23 bits per heavy atom. The van der Waals surface area contributed by atoms with E-state index in [0.717, 1.165) is 28.2 Å². The summed E-state index contributed by atoms with van der Waals surface area (Å²) in [6.45, 7) is 4.65. The van der Waals surface area contributed by atoms with Crippen LogP contribution < -0.4 is 11.1 Å². The van der Waals surface area contributed by atoms with E-state index in [1.165, 1.54) is 0 Å². The predicted octanol–water partition coefficient (Wildman–Crippen LogP) is 4.76. The first-order valence-corrected chi connectivity index (χ1v) is 10.1. The Morgan fingerprint density at radius 2 is 1.58 bits per heavy atom. The van der Waals surface area contributed by atoms with Gasteiger partial charge in [-0.05, 0) is 47.5 Å². The zero-order chi connectivity index (χ0) is 21.6. The first kappa shape index (κ1) is 20.2. The van der Waals surface area contributed by atoms with Crippen LogP contribution in [0.2, 0.25) is 0 Å². The summed E-state index contributed by atoms with van der Waals surface area (Å²) in [5.74, 6) is 0.387. The quantitative estimate of drug-likeness (QED) is 0.433. The molecule has 1 amide bonds. The first-order valence-electron chi connectivity index (χ1n) is 10.1. The van der Waals surface area contributed by atoms with Gasteiger partial charge in [-0.15, -0.1) is 6.58 Å². The average molecular weight is 409 g/mol. The number of rotatable bonds is 7. The molecule has 0 aliphatic heterocycles. The van der Waals surface area contributed by atoms with E-state index < -0.39 is 0 Å². The number of hydrogen-bond acceptors (Lipinski definition) is 3. The summed E-state index contributed by atoms with van der Waals surface area (Å²) < 4.78 is 2.23. The Hall–Kier alpha value is -4.12. The van der Waals surface area contributed by atoms with E-state index in [1.54, 1.807) is 12.1 Å². The van der Waals surface area contributed by atoms with Crippen LogP contribution >= 0.6 is 0 Å². The lowest BCUT2D eigenvalue weighted by Crippen LogP contribution is -2.22. The maximum Gasteiger partial charge on any atom is 0.251 e. The molecule has 0 unspecified atom stereocenters. The molecule has 5 heteroatoms. The van der Waals surface area contributed by atoms with E-state index in [2.05, 4.69) is 45.7 Å². The van der Waals surface area contributed by atoms with Gasteiger partial charge in [-0.3, -0.25) is 4.79 Å². The molecule has 0 aliphatic rings. The number of anilines is 1. The number of pyridine rings is 1. The smallest absolute Gasteiger partial charge is 0.251 e. The standard InChI is InChI=1S/C26H24N4O/c1-2-17-28-26(31)21-13-11-20(12-14-21)24-16-15-23(19-7-4-3-5-8-19)30(24)18-22-9-6-10-25(27)29-22/h2-16H,1,17-18H2,(H2,27,29)(H,28,31). The Balaban J connectivity index is 1.73. The third kappa shape index (κ3) is 4.56. The fourth-order valence-electron chi connectivity index (χ4n) is 3.56. The van der Waals surface area contributed by atoms with Crippen LogP contribution in [0.1, 0.15) is 16.1 Å². The van der Waals surface area contributed by atoms with Crippen molar-refractivity contribution in [3.8, 4) is 22.5 Å². The molecule has 2 aromatic carbocycles. The van der Waals surface area contributed by atoms with E-state index in [9.17, 15) is 4.79 Å². The van der Waals surface area contributed by atoms with Crippen molar-refractivity contribution in [2.75, 3.05) is 12.3 Å². The van der Waals surface area contributed by atoms with Gasteiger partial charge >= 0.3 is 0 Å². The van der Waals surface area contributed by atoms with Gasteiger partial charge in [-0.2, -0.15) is 0 Å². The minimum Gasteiger partial charge on any atom is -0.384 e. The monoisotopic (exact) mass is 408 g/mol. The van der Waals surface area contributed by atoms with Crippen molar-refractivity contribution < 1.29 is 4.79 Å². The minimum atomic E-state index is -0.115. The topological polar surface area (TPSA) is 72.9 Å². The van der Waals surface area contributed by atoms with Gasteiger partial charge in [0.05, 0.1) is 12.2 Å². The Labute approximate surface area is 181 Å². The molecule has 0 radical (unpaired) electrons.